The molecule has 0 aliphatic heterocycles. The van der Waals surface area contributed by atoms with E-state index in [1.807, 2.05) is 18.0 Å². The summed E-state index contributed by atoms with van der Waals surface area (Å²) in [7, 11) is 0. The van der Waals surface area contributed by atoms with Crippen LogP contribution in [0, 0.1) is 0 Å². The van der Waals surface area contributed by atoms with Gasteiger partial charge in [0.1, 0.15) is 6.04 Å². The minimum atomic E-state index is -0.972. The average molecular weight is 320 g/mol. The number of carbonyl (C=O) groups excluding carboxylic acids is 1. The number of carboxylic acid groups (broad SMARTS) is 1. The second-order valence-corrected chi connectivity index (χ2v) is 7.14. The number of carboxylic acids is 1. The van der Waals surface area contributed by atoms with Crippen molar-refractivity contribution in [2.24, 2.45) is 0 Å². The number of thioether (sulfide) groups is 2. The summed E-state index contributed by atoms with van der Waals surface area (Å²) in [6.45, 7) is 0. The Morgan fingerprint density at radius 1 is 1.35 bits per heavy atom. The molecule has 20 heavy (non-hydrogen) atoms. The van der Waals surface area contributed by atoms with E-state index in [-0.39, 0.29) is 12.1 Å². The molecule has 0 spiro atoms. The van der Waals surface area contributed by atoms with Crippen molar-refractivity contribution in [3.05, 3.63) is 0 Å². The summed E-state index contributed by atoms with van der Waals surface area (Å²) in [6.07, 6.45) is 8.73. The zero-order valence-electron chi connectivity index (χ0n) is 12.1. The van der Waals surface area contributed by atoms with Crippen LogP contribution in [0.3, 0.4) is 0 Å². The van der Waals surface area contributed by atoms with Gasteiger partial charge in [-0.05, 0) is 43.9 Å². The van der Waals surface area contributed by atoms with E-state index in [9.17, 15) is 9.59 Å². The highest BCUT2D eigenvalue weighted by Crippen LogP contribution is 2.26. The molecule has 1 aliphatic carbocycles. The highest BCUT2D eigenvalue weighted by Gasteiger charge is 2.24. The Kier molecular flexibility index (Phi) is 8.21. The zero-order chi connectivity index (χ0) is 15.0. The molecule has 1 rings (SSSR count). The van der Waals surface area contributed by atoms with Crippen LogP contribution in [0.4, 0.5) is 4.79 Å². The van der Waals surface area contributed by atoms with E-state index >= 15 is 0 Å². The second kappa shape index (κ2) is 9.39. The van der Waals surface area contributed by atoms with Gasteiger partial charge < -0.3 is 15.7 Å². The van der Waals surface area contributed by atoms with Crippen LogP contribution in [0.1, 0.15) is 32.1 Å². The molecule has 0 heterocycles. The van der Waals surface area contributed by atoms with E-state index < -0.39 is 12.0 Å². The van der Waals surface area contributed by atoms with Gasteiger partial charge >= 0.3 is 12.0 Å². The Labute approximate surface area is 129 Å². The Bertz CT molecular complexity index is 329. The lowest BCUT2D eigenvalue weighted by Crippen LogP contribution is -2.50. The first-order valence-corrected chi connectivity index (χ1v) is 9.56. The highest BCUT2D eigenvalue weighted by atomic mass is 32.2. The average Bonchev–Trinajstić information content (AvgIpc) is 2.43. The molecule has 7 heteroatoms. The van der Waals surface area contributed by atoms with Crippen molar-refractivity contribution in [3.63, 3.8) is 0 Å². The Hall–Kier alpha value is -0.560. The van der Waals surface area contributed by atoms with Crippen LogP contribution < -0.4 is 10.6 Å². The van der Waals surface area contributed by atoms with Crippen LogP contribution in [-0.4, -0.2) is 52.7 Å². The van der Waals surface area contributed by atoms with Crippen LogP contribution in [0.15, 0.2) is 0 Å². The van der Waals surface area contributed by atoms with E-state index in [4.69, 9.17) is 5.11 Å². The lowest BCUT2D eigenvalue weighted by Gasteiger charge is -2.29. The van der Waals surface area contributed by atoms with Gasteiger partial charge in [-0.3, -0.25) is 0 Å². The molecule has 0 aromatic rings. The first kappa shape index (κ1) is 17.5. The van der Waals surface area contributed by atoms with Gasteiger partial charge in [0.25, 0.3) is 0 Å². The Morgan fingerprint density at radius 2 is 2.10 bits per heavy atom. The molecule has 0 radical (unpaired) electrons. The number of aliphatic carboxylic acids is 1. The van der Waals surface area contributed by atoms with Gasteiger partial charge in [-0.25, -0.2) is 9.59 Å². The maximum Gasteiger partial charge on any atom is 0.326 e. The molecular weight excluding hydrogens is 296 g/mol. The van der Waals surface area contributed by atoms with Gasteiger partial charge in [0.15, 0.2) is 0 Å². The van der Waals surface area contributed by atoms with Crippen LogP contribution in [0.25, 0.3) is 0 Å². The number of urea groups is 1. The molecule has 5 nitrogen and oxygen atoms in total. The lowest BCUT2D eigenvalue weighted by atomic mass is 9.95. The number of hydrogen-bond acceptors (Lipinski definition) is 4. The monoisotopic (exact) mass is 320 g/mol. The molecule has 0 saturated heterocycles. The number of amides is 2. The van der Waals surface area contributed by atoms with Crippen LogP contribution >= 0.6 is 23.5 Å². The first-order chi connectivity index (χ1) is 9.56. The van der Waals surface area contributed by atoms with Gasteiger partial charge in [-0.15, -0.1) is 0 Å². The smallest absolute Gasteiger partial charge is 0.326 e. The maximum absolute atomic E-state index is 11.9. The van der Waals surface area contributed by atoms with E-state index in [0.717, 1.165) is 25.0 Å². The van der Waals surface area contributed by atoms with E-state index in [1.54, 1.807) is 11.8 Å². The van der Waals surface area contributed by atoms with Crippen molar-refractivity contribution in [1.82, 2.24) is 10.6 Å². The van der Waals surface area contributed by atoms with Crippen LogP contribution in [-0.2, 0) is 4.79 Å². The molecule has 1 fully saturated rings. The van der Waals surface area contributed by atoms with Crippen molar-refractivity contribution in [3.8, 4) is 0 Å². The second-order valence-electron chi connectivity index (χ2n) is 5.01. The molecule has 3 unspecified atom stereocenters. The van der Waals surface area contributed by atoms with Crippen LogP contribution in [0.5, 0.6) is 0 Å². The fraction of sp³-hybridized carbons (Fsp3) is 0.846. The molecule has 0 bridgehead atoms. The van der Waals surface area contributed by atoms with Gasteiger partial charge in [-0.2, -0.15) is 23.5 Å². The molecule has 3 atom stereocenters. The van der Waals surface area contributed by atoms with Gasteiger partial charge in [0.2, 0.25) is 0 Å². The summed E-state index contributed by atoms with van der Waals surface area (Å²) in [4.78, 5) is 23.0. The van der Waals surface area contributed by atoms with Crippen molar-refractivity contribution in [1.29, 1.82) is 0 Å². The number of nitrogens with one attached hydrogen (secondary N) is 2. The summed E-state index contributed by atoms with van der Waals surface area (Å²) < 4.78 is 0. The third kappa shape index (κ3) is 6.26. The normalized spacial score (nSPS) is 23.9. The lowest BCUT2D eigenvalue weighted by molar-refractivity contribution is -0.139. The molecule has 1 aliphatic rings. The molecule has 3 N–H and O–H groups in total. The Morgan fingerprint density at radius 3 is 2.70 bits per heavy atom. The number of hydrogen-bond donors (Lipinski definition) is 3. The SMILES string of the molecule is CSCCC(NC(=O)NC1CCCC(SC)C1)C(=O)O. The molecule has 0 aromatic carbocycles. The third-order valence-electron chi connectivity index (χ3n) is 3.51. The quantitative estimate of drug-likeness (QED) is 0.670. The molecular formula is C13H24N2O3S2. The summed E-state index contributed by atoms with van der Waals surface area (Å²) >= 11 is 3.41. The zero-order valence-corrected chi connectivity index (χ0v) is 13.7. The summed E-state index contributed by atoms with van der Waals surface area (Å²) in [6, 6.07) is -0.996. The Balaban J connectivity index is 2.38. The van der Waals surface area contributed by atoms with E-state index in [0.29, 0.717) is 11.7 Å². The number of carbonyl (C=O) groups is 2. The minimum absolute atomic E-state index is 0.163. The third-order valence-corrected chi connectivity index (χ3v) is 5.25. The summed E-state index contributed by atoms with van der Waals surface area (Å²) in [5.41, 5.74) is 0. The van der Waals surface area contributed by atoms with Crippen molar-refractivity contribution >= 4 is 35.5 Å². The summed E-state index contributed by atoms with van der Waals surface area (Å²) in [5, 5.41) is 15.2. The van der Waals surface area contributed by atoms with E-state index in [2.05, 4.69) is 16.9 Å². The summed E-state index contributed by atoms with van der Waals surface area (Å²) in [5.74, 6) is -0.255. The van der Waals surface area contributed by atoms with Gasteiger partial charge in [-0.1, -0.05) is 6.42 Å². The van der Waals surface area contributed by atoms with Gasteiger partial charge in [0, 0.05) is 11.3 Å². The molecule has 0 aromatic heterocycles. The predicted octanol–water partition coefficient (Wildman–Crippen LogP) is 2.17. The standard InChI is InChI=1S/C13H24N2O3S2/c1-19-7-6-11(12(16)17)15-13(18)14-9-4-3-5-10(8-9)20-2/h9-11H,3-8H2,1-2H3,(H,16,17)(H2,14,15,18). The van der Waals surface area contributed by atoms with E-state index in [1.165, 1.54) is 6.42 Å². The largest absolute Gasteiger partial charge is 0.480 e. The number of rotatable bonds is 7. The highest BCUT2D eigenvalue weighted by molar-refractivity contribution is 7.99. The molecule has 2 amide bonds. The van der Waals surface area contributed by atoms with Crippen LogP contribution in [0.2, 0.25) is 0 Å². The van der Waals surface area contributed by atoms with Crippen molar-refractivity contribution in [2.75, 3.05) is 18.3 Å². The topological polar surface area (TPSA) is 78.4 Å². The molecule has 1 saturated carbocycles. The minimum Gasteiger partial charge on any atom is -0.480 e. The fourth-order valence-corrected chi connectivity index (χ4v) is 3.67. The fourth-order valence-electron chi connectivity index (χ4n) is 2.37. The van der Waals surface area contributed by atoms with Crippen molar-refractivity contribution in [2.45, 2.75) is 49.4 Å². The predicted molar refractivity (Wildman–Crippen MR) is 85.6 cm³/mol. The first-order valence-electron chi connectivity index (χ1n) is 6.88. The molecule has 116 valence electrons. The maximum atomic E-state index is 11.9. The van der Waals surface area contributed by atoms with Gasteiger partial charge in [0.05, 0.1) is 0 Å². The van der Waals surface area contributed by atoms with Crippen molar-refractivity contribution < 1.29 is 14.7 Å².